The third kappa shape index (κ3) is 3.73. The molecule has 1 saturated heterocycles. The molecule has 2 aliphatic rings. The molecule has 70 valence electrons. The predicted octanol–water partition coefficient (Wildman–Crippen LogP) is -0.263. The molecule has 1 aliphatic carbocycles. The Bertz CT molecular complexity index is 161. The molecule has 2 unspecified atom stereocenters. The molecule has 0 N–H and O–H groups in total. The van der Waals surface area contributed by atoms with Crippen LogP contribution in [0.3, 0.4) is 0 Å². The molecule has 2 fully saturated rings. The van der Waals surface area contributed by atoms with E-state index in [4.69, 9.17) is 0 Å². The zero-order valence-electron chi connectivity index (χ0n) is 9.05. The number of carbonyl (C=O) groups is 1. The smallest absolute Gasteiger partial charge is 0.653 e. The van der Waals surface area contributed by atoms with Crippen molar-refractivity contribution in [2.24, 2.45) is 11.8 Å². The minimum Gasteiger partial charge on any atom is -0.653 e. The summed E-state index contributed by atoms with van der Waals surface area (Å²) < 4.78 is 0. The molecule has 0 bridgehead atoms. The van der Waals surface area contributed by atoms with Crippen molar-refractivity contribution in [3.8, 4) is 0 Å². The first-order valence-electron chi connectivity index (χ1n) is 5.09. The van der Waals surface area contributed by atoms with Gasteiger partial charge >= 0.3 is 58.2 Å². The molecule has 3 heteroatoms. The Hall–Kier alpha value is 1.28. The zero-order valence-corrected chi connectivity index (χ0v) is 14.0. The molecule has 13 heavy (non-hydrogen) atoms. The number of hydrogen-bond acceptors (Lipinski definition) is 1. The molecular weight excluding hydrogens is 236 g/mol. The van der Waals surface area contributed by atoms with Crippen LogP contribution in [0.4, 0.5) is 0 Å². The van der Waals surface area contributed by atoms with Crippen LogP contribution in [-0.4, -0.2) is 12.5 Å². The first kappa shape index (κ1) is 14.3. The third-order valence-corrected chi connectivity index (χ3v) is 2.74. The Labute approximate surface area is 130 Å². The molecule has 0 radical (unpaired) electrons. The average Bonchev–Trinajstić information content (AvgIpc) is 2.57. The first-order chi connectivity index (χ1) is 5.88. The van der Waals surface area contributed by atoms with Gasteiger partial charge in [-0.1, -0.05) is 26.7 Å². The van der Waals surface area contributed by atoms with Crippen molar-refractivity contribution in [3.05, 3.63) is 5.32 Å². The largest absolute Gasteiger partial charge is 1.00 e. The predicted molar refractivity (Wildman–Crippen MR) is 50.0 cm³/mol. The van der Waals surface area contributed by atoms with E-state index in [2.05, 4.69) is 5.32 Å². The maximum absolute atomic E-state index is 11.1. The van der Waals surface area contributed by atoms with E-state index >= 15 is 0 Å². The number of carbonyl (C=O) groups excluding carboxylic acids is 1. The van der Waals surface area contributed by atoms with E-state index < -0.39 is 0 Å². The summed E-state index contributed by atoms with van der Waals surface area (Å²) in [6.07, 6.45) is 4.78. The molecule has 1 heterocycles. The molecular formula is C10H18NORb. The second kappa shape index (κ2) is 7.55. The van der Waals surface area contributed by atoms with Gasteiger partial charge in [-0.05, 0) is 18.8 Å². The van der Waals surface area contributed by atoms with Gasteiger partial charge in [-0.3, -0.25) is 0 Å². The molecule has 0 aromatic rings. The Morgan fingerprint density at radius 2 is 1.92 bits per heavy atom. The Kier molecular flexibility index (Phi) is 8.29. The fourth-order valence-electron chi connectivity index (χ4n) is 2.17. The van der Waals surface area contributed by atoms with E-state index in [1.54, 1.807) is 0 Å². The van der Waals surface area contributed by atoms with Crippen LogP contribution in [0.15, 0.2) is 0 Å². The van der Waals surface area contributed by atoms with Crippen molar-refractivity contribution >= 4 is 5.91 Å². The number of piperidine rings is 1. The van der Waals surface area contributed by atoms with Crippen LogP contribution < -0.4 is 58.2 Å². The van der Waals surface area contributed by atoms with Crippen LogP contribution in [0, 0.1) is 11.8 Å². The summed E-state index contributed by atoms with van der Waals surface area (Å²) in [5, 5.41) is 3.93. The molecule has 2 rings (SSSR count). The summed E-state index contributed by atoms with van der Waals surface area (Å²) in [5.41, 5.74) is 0. The van der Waals surface area contributed by atoms with Crippen molar-refractivity contribution in [2.45, 2.75) is 39.5 Å². The quantitative estimate of drug-likeness (QED) is 0.585. The first-order valence-corrected chi connectivity index (χ1v) is 5.09. The van der Waals surface area contributed by atoms with Gasteiger partial charge in [0.2, 0.25) is 0 Å². The van der Waals surface area contributed by atoms with Crippen LogP contribution in [-0.2, 0) is 4.79 Å². The fraction of sp³-hybridized carbons (Fsp3) is 0.900. The number of fused-ring (bicyclic) bond motifs is 1. The van der Waals surface area contributed by atoms with Crippen LogP contribution in [0.2, 0.25) is 0 Å². The van der Waals surface area contributed by atoms with E-state index in [-0.39, 0.29) is 64.1 Å². The Balaban J connectivity index is 0.000000451. The standard InChI is InChI=1S/C8H13NO.C2H6.Rb/c10-8-7-3-1-2-6(7)4-5-9-8;1-2;/h6-7H,1-5H2,(H,9,10);1-2H3;/q;;+1/p-1. The molecule has 1 amide bonds. The second-order valence-corrected chi connectivity index (χ2v) is 3.31. The molecule has 2 atom stereocenters. The van der Waals surface area contributed by atoms with Crippen LogP contribution >= 0.6 is 0 Å². The van der Waals surface area contributed by atoms with E-state index in [0.717, 1.165) is 19.4 Å². The summed E-state index contributed by atoms with van der Waals surface area (Å²) in [4.78, 5) is 11.1. The minimum absolute atomic E-state index is 0. The third-order valence-electron chi connectivity index (χ3n) is 2.74. The van der Waals surface area contributed by atoms with Gasteiger partial charge in [0.05, 0.1) is 5.91 Å². The van der Waals surface area contributed by atoms with Gasteiger partial charge in [-0.15, -0.1) is 6.54 Å². The van der Waals surface area contributed by atoms with E-state index in [1.807, 2.05) is 13.8 Å². The summed E-state index contributed by atoms with van der Waals surface area (Å²) in [5.74, 6) is 1.22. The van der Waals surface area contributed by atoms with Gasteiger partial charge < -0.3 is 10.1 Å². The summed E-state index contributed by atoms with van der Waals surface area (Å²) in [7, 11) is 0. The average molecular weight is 254 g/mol. The van der Waals surface area contributed by atoms with Crippen molar-refractivity contribution in [1.29, 1.82) is 0 Å². The van der Waals surface area contributed by atoms with Gasteiger partial charge in [0.1, 0.15) is 0 Å². The van der Waals surface area contributed by atoms with Gasteiger partial charge in [-0.25, -0.2) is 0 Å². The van der Waals surface area contributed by atoms with Gasteiger partial charge in [0, 0.05) is 5.92 Å². The number of amides is 1. The SMILES string of the molecule is CC.O=C1[N-]CCC2CCCC12.[Rb+]. The van der Waals surface area contributed by atoms with Crippen LogP contribution in [0.25, 0.3) is 5.32 Å². The maximum Gasteiger partial charge on any atom is 1.00 e. The number of rotatable bonds is 0. The van der Waals surface area contributed by atoms with Crippen molar-refractivity contribution in [1.82, 2.24) is 0 Å². The van der Waals surface area contributed by atoms with Gasteiger partial charge in [-0.2, -0.15) is 0 Å². The van der Waals surface area contributed by atoms with E-state index in [0.29, 0.717) is 11.8 Å². The second-order valence-electron chi connectivity index (χ2n) is 3.31. The topological polar surface area (TPSA) is 31.2 Å². The van der Waals surface area contributed by atoms with Gasteiger partial charge in [0.25, 0.3) is 0 Å². The fourth-order valence-corrected chi connectivity index (χ4v) is 2.17. The molecule has 1 saturated carbocycles. The summed E-state index contributed by atoms with van der Waals surface area (Å²) in [6.45, 7) is 4.79. The van der Waals surface area contributed by atoms with Crippen molar-refractivity contribution in [2.75, 3.05) is 6.54 Å². The maximum atomic E-state index is 11.1. The molecule has 0 spiro atoms. The minimum atomic E-state index is 0. The molecule has 0 aromatic carbocycles. The van der Waals surface area contributed by atoms with Crippen LogP contribution in [0.5, 0.6) is 0 Å². The summed E-state index contributed by atoms with van der Waals surface area (Å²) in [6, 6.07) is 0. The number of nitrogens with zero attached hydrogens (tertiary/aromatic N) is 1. The van der Waals surface area contributed by atoms with E-state index in [1.165, 1.54) is 12.8 Å². The zero-order chi connectivity index (χ0) is 8.97. The number of hydrogen-bond donors (Lipinski definition) is 0. The molecule has 1 aliphatic heterocycles. The normalized spacial score (nSPS) is 30.5. The Morgan fingerprint density at radius 3 is 2.54 bits per heavy atom. The van der Waals surface area contributed by atoms with Crippen molar-refractivity contribution in [3.63, 3.8) is 0 Å². The molecule has 2 nitrogen and oxygen atoms in total. The monoisotopic (exact) mass is 253 g/mol. The Morgan fingerprint density at radius 1 is 1.23 bits per heavy atom. The van der Waals surface area contributed by atoms with E-state index in [9.17, 15) is 4.79 Å². The molecule has 0 aromatic heterocycles. The van der Waals surface area contributed by atoms with Crippen molar-refractivity contribution < 1.29 is 63.0 Å². The van der Waals surface area contributed by atoms with Gasteiger partial charge in [0.15, 0.2) is 0 Å². The van der Waals surface area contributed by atoms with Crippen LogP contribution in [0.1, 0.15) is 39.5 Å². The summed E-state index contributed by atoms with van der Waals surface area (Å²) >= 11 is 0.